The van der Waals surface area contributed by atoms with Crippen LogP contribution in [0.25, 0.3) is 0 Å². The molecule has 0 bridgehead atoms. The summed E-state index contributed by atoms with van der Waals surface area (Å²) in [7, 11) is 0. The van der Waals surface area contributed by atoms with Gasteiger partial charge in [-0.15, -0.1) is 0 Å². The van der Waals surface area contributed by atoms with E-state index in [0.717, 1.165) is 4.47 Å². The highest BCUT2D eigenvalue weighted by Crippen LogP contribution is 2.25. The molecule has 0 aromatic heterocycles. The lowest BCUT2D eigenvalue weighted by molar-refractivity contribution is -0.115. The number of hydrogen-bond acceptors (Lipinski definition) is 1. The molecule has 0 aliphatic rings. The van der Waals surface area contributed by atoms with Crippen molar-refractivity contribution in [2.24, 2.45) is 0 Å². The quantitative estimate of drug-likeness (QED) is 0.832. The van der Waals surface area contributed by atoms with Crippen LogP contribution < -0.4 is 5.32 Å². The van der Waals surface area contributed by atoms with E-state index >= 15 is 0 Å². The molecule has 1 rings (SSSR count). The van der Waals surface area contributed by atoms with Gasteiger partial charge in [-0.1, -0.05) is 43.5 Å². The molecule has 1 N–H and O–H groups in total. The fourth-order valence-corrected chi connectivity index (χ4v) is 1.78. The first-order valence-corrected chi connectivity index (χ1v) is 6.23. The molecule has 0 aliphatic carbocycles. The fourth-order valence-electron chi connectivity index (χ4n) is 0.892. The van der Waals surface area contributed by atoms with Gasteiger partial charge in [0.15, 0.2) is 0 Å². The Balaban J connectivity index is 2.75. The van der Waals surface area contributed by atoms with E-state index in [1.165, 1.54) is 0 Å². The van der Waals surface area contributed by atoms with Crippen molar-refractivity contribution in [3.8, 4) is 0 Å². The van der Waals surface area contributed by atoms with Gasteiger partial charge in [-0.2, -0.15) is 0 Å². The summed E-state index contributed by atoms with van der Waals surface area (Å²) < 4.78 is 0.885. The Hall–Kier alpha value is -0.0600. The molecule has 14 heavy (non-hydrogen) atoms. The van der Waals surface area contributed by atoms with Crippen LogP contribution in [0.5, 0.6) is 0 Å². The number of nitrogens with one attached hydrogen (secondary N) is 1. The number of carbonyl (C=O) groups is 1. The predicted octanol–water partition coefficient (Wildman–Crippen LogP) is 3.83. The number of alkyl halides is 1. The van der Waals surface area contributed by atoms with Crippen molar-refractivity contribution in [3.05, 3.63) is 27.7 Å². The van der Waals surface area contributed by atoms with Crippen molar-refractivity contribution >= 4 is 55.1 Å². The number of carbonyl (C=O) groups excluding carboxylic acids is 1. The lowest BCUT2D eigenvalue weighted by atomic mass is 10.3. The van der Waals surface area contributed by atoms with Gasteiger partial charge < -0.3 is 5.32 Å². The van der Waals surface area contributed by atoms with Crippen LogP contribution >= 0.6 is 43.5 Å². The summed E-state index contributed by atoms with van der Waals surface area (Å²) >= 11 is 12.4. The van der Waals surface area contributed by atoms with Crippen molar-refractivity contribution in [3.63, 3.8) is 0 Å². The largest absolute Gasteiger partial charge is 0.325 e. The Morgan fingerprint density at radius 3 is 2.86 bits per heavy atom. The molecule has 0 radical (unpaired) electrons. The molecule has 0 heterocycles. The van der Waals surface area contributed by atoms with Crippen LogP contribution in [0.3, 0.4) is 0 Å². The van der Waals surface area contributed by atoms with Gasteiger partial charge in [0.25, 0.3) is 0 Å². The maximum Gasteiger partial charge on any atom is 0.225 e. The third-order valence-electron chi connectivity index (χ3n) is 1.52. The van der Waals surface area contributed by atoms with E-state index < -0.39 is 0 Å². The third kappa shape index (κ3) is 3.59. The summed E-state index contributed by atoms with van der Waals surface area (Å²) in [4.78, 5) is 11.3. The normalized spacial score (nSPS) is 9.93. The monoisotopic (exact) mass is 339 g/mol. The van der Waals surface area contributed by atoms with Gasteiger partial charge in [-0.3, -0.25) is 4.79 Å². The van der Waals surface area contributed by atoms with E-state index in [4.69, 9.17) is 11.6 Å². The van der Waals surface area contributed by atoms with Crippen LogP contribution in [0.2, 0.25) is 5.02 Å². The summed E-state index contributed by atoms with van der Waals surface area (Å²) in [6, 6.07) is 5.33. The lowest BCUT2D eigenvalue weighted by Gasteiger charge is -2.06. The summed E-state index contributed by atoms with van der Waals surface area (Å²) in [6.07, 6.45) is 0.433. The van der Waals surface area contributed by atoms with E-state index in [1.807, 2.05) is 6.07 Å². The number of halogens is 3. The first kappa shape index (κ1) is 12.0. The van der Waals surface area contributed by atoms with Crippen molar-refractivity contribution < 1.29 is 4.79 Å². The molecule has 0 unspecified atom stereocenters. The van der Waals surface area contributed by atoms with Gasteiger partial charge in [-0.25, -0.2) is 0 Å². The second-order valence-corrected chi connectivity index (χ2v) is 4.73. The zero-order valence-electron chi connectivity index (χ0n) is 7.19. The molecule has 0 spiro atoms. The van der Waals surface area contributed by atoms with Gasteiger partial charge >= 0.3 is 0 Å². The van der Waals surface area contributed by atoms with E-state index in [2.05, 4.69) is 37.2 Å². The fraction of sp³-hybridized carbons (Fsp3) is 0.222. The molecule has 0 aliphatic heterocycles. The molecular formula is C9H8Br2ClNO. The first-order valence-electron chi connectivity index (χ1n) is 3.94. The van der Waals surface area contributed by atoms with Gasteiger partial charge in [0.05, 0.1) is 10.7 Å². The number of amides is 1. The first-order chi connectivity index (χ1) is 6.63. The molecular weight excluding hydrogens is 333 g/mol. The number of benzene rings is 1. The average Bonchev–Trinajstić information content (AvgIpc) is 2.12. The van der Waals surface area contributed by atoms with Crippen LogP contribution in [0.15, 0.2) is 22.7 Å². The van der Waals surface area contributed by atoms with Gasteiger partial charge in [0.1, 0.15) is 0 Å². The SMILES string of the molecule is O=C(CCBr)Nc1cc(Br)ccc1Cl. The minimum atomic E-state index is -0.0538. The highest BCUT2D eigenvalue weighted by Gasteiger charge is 2.05. The van der Waals surface area contributed by atoms with Gasteiger partial charge in [0, 0.05) is 16.2 Å². The Kier molecular flexibility index (Phi) is 4.92. The van der Waals surface area contributed by atoms with Gasteiger partial charge in [0.2, 0.25) is 5.91 Å². The van der Waals surface area contributed by atoms with Crippen LogP contribution in [0, 0.1) is 0 Å². The average molecular weight is 341 g/mol. The number of hydrogen-bond donors (Lipinski definition) is 1. The summed E-state index contributed by atoms with van der Waals surface area (Å²) in [5, 5.41) is 3.90. The van der Waals surface area contributed by atoms with Crippen LogP contribution in [-0.2, 0) is 4.79 Å². The molecule has 1 amide bonds. The third-order valence-corrected chi connectivity index (χ3v) is 2.74. The zero-order valence-corrected chi connectivity index (χ0v) is 11.1. The molecule has 0 saturated carbocycles. The van der Waals surface area contributed by atoms with Crippen LogP contribution in [-0.4, -0.2) is 11.2 Å². The summed E-state index contributed by atoms with van der Waals surface area (Å²) in [5.41, 5.74) is 0.631. The second kappa shape index (κ2) is 5.73. The van der Waals surface area contributed by atoms with E-state index in [1.54, 1.807) is 12.1 Å². The summed E-state index contributed by atoms with van der Waals surface area (Å²) in [6.45, 7) is 0. The minimum Gasteiger partial charge on any atom is -0.325 e. The standard InChI is InChI=1S/C9H8Br2ClNO/c10-4-3-9(14)13-8-5-6(11)1-2-7(8)12/h1-2,5H,3-4H2,(H,13,14). The molecule has 0 fully saturated rings. The topological polar surface area (TPSA) is 29.1 Å². The Labute approximate surface area is 104 Å². The summed E-state index contributed by atoms with van der Waals surface area (Å²) in [5.74, 6) is -0.0538. The highest BCUT2D eigenvalue weighted by molar-refractivity contribution is 9.10. The molecule has 5 heteroatoms. The smallest absolute Gasteiger partial charge is 0.225 e. The molecule has 76 valence electrons. The Morgan fingerprint density at radius 1 is 1.50 bits per heavy atom. The zero-order chi connectivity index (χ0) is 10.6. The van der Waals surface area contributed by atoms with Crippen molar-refractivity contribution in [2.75, 3.05) is 10.6 Å². The highest BCUT2D eigenvalue weighted by atomic mass is 79.9. The van der Waals surface area contributed by atoms with E-state index in [9.17, 15) is 4.79 Å². The predicted molar refractivity (Wildman–Crippen MR) is 66.2 cm³/mol. The maximum atomic E-state index is 11.3. The van der Waals surface area contributed by atoms with Crippen molar-refractivity contribution in [2.45, 2.75) is 6.42 Å². The molecule has 1 aromatic rings. The molecule has 2 nitrogen and oxygen atoms in total. The lowest BCUT2D eigenvalue weighted by Crippen LogP contribution is -2.11. The maximum absolute atomic E-state index is 11.3. The Morgan fingerprint density at radius 2 is 2.21 bits per heavy atom. The molecule has 0 atom stereocenters. The van der Waals surface area contributed by atoms with Gasteiger partial charge in [-0.05, 0) is 18.2 Å². The molecule has 1 aromatic carbocycles. The number of anilines is 1. The van der Waals surface area contributed by atoms with Crippen LogP contribution in [0.4, 0.5) is 5.69 Å². The molecule has 0 saturated heterocycles. The minimum absolute atomic E-state index is 0.0538. The second-order valence-electron chi connectivity index (χ2n) is 2.61. The Bertz CT molecular complexity index is 344. The van der Waals surface area contributed by atoms with Crippen molar-refractivity contribution in [1.82, 2.24) is 0 Å². The van der Waals surface area contributed by atoms with E-state index in [-0.39, 0.29) is 5.91 Å². The van der Waals surface area contributed by atoms with Crippen molar-refractivity contribution in [1.29, 1.82) is 0 Å². The number of rotatable bonds is 3. The van der Waals surface area contributed by atoms with Crippen LogP contribution in [0.1, 0.15) is 6.42 Å². The van der Waals surface area contributed by atoms with E-state index in [0.29, 0.717) is 22.5 Å².